The molecule has 3 atom stereocenters. The molecule has 4 nitrogen and oxygen atoms in total. The number of hydrogen-bond acceptors (Lipinski definition) is 4. The number of morpholine rings is 1. The van der Waals surface area contributed by atoms with Crippen molar-refractivity contribution in [3.63, 3.8) is 0 Å². The van der Waals surface area contributed by atoms with Crippen LogP contribution in [0, 0.1) is 0 Å². The summed E-state index contributed by atoms with van der Waals surface area (Å²) in [5.41, 5.74) is 8.36. The molecular formula is C17H23N3O. The highest BCUT2D eigenvalue weighted by atomic mass is 16.5. The zero-order chi connectivity index (χ0) is 14.8. The third-order valence-electron chi connectivity index (χ3n) is 4.12. The van der Waals surface area contributed by atoms with Crippen molar-refractivity contribution in [2.45, 2.75) is 32.1 Å². The Hall–Kier alpha value is -1.49. The van der Waals surface area contributed by atoms with E-state index < -0.39 is 0 Å². The maximum Gasteiger partial charge on any atom is 0.0702 e. The van der Waals surface area contributed by atoms with Gasteiger partial charge in [0.05, 0.1) is 17.7 Å². The molecule has 0 saturated carbocycles. The minimum absolute atomic E-state index is 0.239. The predicted octanol–water partition coefficient (Wildman–Crippen LogP) is 2.34. The molecule has 3 rings (SSSR count). The number of aromatic nitrogens is 1. The van der Waals surface area contributed by atoms with Crippen LogP contribution in [0.4, 0.5) is 0 Å². The molecule has 1 aromatic carbocycles. The molecule has 0 aliphatic carbocycles. The van der Waals surface area contributed by atoms with Gasteiger partial charge >= 0.3 is 0 Å². The smallest absolute Gasteiger partial charge is 0.0702 e. The summed E-state index contributed by atoms with van der Waals surface area (Å²) < 4.78 is 5.82. The van der Waals surface area contributed by atoms with Crippen LogP contribution in [0.2, 0.25) is 0 Å². The van der Waals surface area contributed by atoms with Crippen molar-refractivity contribution in [2.24, 2.45) is 5.73 Å². The standard InChI is InChI=1S/C17H23N3O/c1-12-10-20(11-13(2)21-12)17(9-18)15-5-6-16-14(8-15)4-3-7-19-16/h3-8,12-13,17H,9-11,18H2,1-2H3/t12-,13+,17?. The highest BCUT2D eigenvalue weighted by molar-refractivity contribution is 5.79. The molecule has 2 heterocycles. The molecule has 2 N–H and O–H groups in total. The first-order chi connectivity index (χ1) is 10.2. The van der Waals surface area contributed by atoms with Gasteiger partial charge in [-0.3, -0.25) is 9.88 Å². The summed E-state index contributed by atoms with van der Waals surface area (Å²) in [6.45, 7) is 6.72. The zero-order valence-corrected chi connectivity index (χ0v) is 12.7. The SMILES string of the molecule is C[C@@H]1CN(C(CN)c2ccc3ncccc3c2)C[C@H](C)O1. The van der Waals surface area contributed by atoms with Gasteiger partial charge in [0.1, 0.15) is 0 Å². The van der Waals surface area contributed by atoms with Crippen molar-refractivity contribution in [1.29, 1.82) is 0 Å². The second-order valence-electron chi connectivity index (χ2n) is 5.92. The first-order valence-electron chi connectivity index (χ1n) is 7.61. The molecule has 1 aromatic heterocycles. The largest absolute Gasteiger partial charge is 0.373 e. The van der Waals surface area contributed by atoms with Crippen LogP contribution in [0.15, 0.2) is 36.5 Å². The van der Waals surface area contributed by atoms with Crippen molar-refractivity contribution in [3.8, 4) is 0 Å². The van der Waals surface area contributed by atoms with E-state index in [1.165, 1.54) is 10.9 Å². The first kappa shape index (κ1) is 14.4. The van der Waals surface area contributed by atoms with Crippen molar-refractivity contribution in [2.75, 3.05) is 19.6 Å². The van der Waals surface area contributed by atoms with E-state index in [4.69, 9.17) is 10.5 Å². The Morgan fingerprint density at radius 2 is 2.05 bits per heavy atom. The maximum absolute atomic E-state index is 6.07. The van der Waals surface area contributed by atoms with Gasteiger partial charge in [-0.15, -0.1) is 0 Å². The molecule has 21 heavy (non-hydrogen) atoms. The summed E-state index contributed by atoms with van der Waals surface area (Å²) in [7, 11) is 0. The molecular weight excluding hydrogens is 262 g/mol. The molecule has 1 saturated heterocycles. The van der Waals surface area contributed by atoms with Gasteiger partial charge in [-0.05, 0) is 37.6 Å². The number of fused-ring (bicyclic) bond motifs is 1. The summed E-state index contributed by atoms with van der Waals surface area (Å²) in [6, 6.07) is 10.8. The van der Waals surface area contributed by atoms with Crippen LogP contribution < -0.4 is 5.73 Å². The quantitative estimate of drug-likeness (QED) is 0.940. The van der Waals surface area contributed by atoms with Crippen molar-refractivity contribution in [3.05, 3.63) is 42.1 Å². The van der Waals surface area contributed by atoms with E-state index in [2.05, 4.69) is 48.0 Å². The summed E-state index contributed by atoms with van der Waals surface area (Å²) in [4.78, 5) is 6.82. The highest BCUT2D eigenvalue weighted by Gasteiger charge is 2.28. The third kappa shape index (κ3) is 3.07. The van der Waals surface area contributed by atoms with Gasteiger partial charge in [-0.2, -0.15) is 0 Å². The molecule has 1 aliphatic rings. The molecule has 0 spiro atoms. The number of benzene rings is 1. The lowest BCUT2D eigenvalue weighted by molar-refractivity contribution is -0.0799. The van der Waals surface area contributed by atoms with Crippen LogP contribution in [0.1, 0.15) is 25.5 Å². The summed E-state index contributed by atoms with van der Waals surface area (Å²) in [6.07, 6.45) is 2.34. The number of pyridine rings is 1. The average Bonchev–Trinajstić information content (AvgIpc) is 2.47. The predicted molar refractivity (Wildman–Crippen MR) is 85.1 cm³/mol. The summed E-state index contributed by atoms with van der Waals surface area (Å²) >= 11 is 0. The Kier molecular flexibility index (Phi) is 4.19. The van der Waals surface area contributed by atoms with Crippen molar-refractivity contribution in [1.82, 2.24) is 9.88 Å². The molecule has 0 amide bonds. The number of nitrogens with zero attached hydrogens (tertiary/aromatic N) is 2. The molecule has 112 valence electrons. The lowest BCUT2D eigenvalue weighted by Gasteiger charge is -2.40. The Bertz CT molecular complexity index is 606. The van der Waals surface area contributed by atoms with E-state index in [1.807, 2.05) is 12.3 Å². The molecule has 1 unspecified atom stereocenters. The lowest BCUT2D eigenvalue weighted by atomic mass is 10.0. The van der Waals surface area contributed by atoms with Crippen molar-refractivity contribution < 1.29 is 4.74 Å². The van der Waals surface area contributed by atoms with Gasteiger partial charge in [0.25, 0.3) is 0 Å². The Balaban J connectivity index is 1.90. The molecule has 0 bridgehead atoms. The summed E-state index contributed by atoms with van der Waals surface area (Å²) in [5.74, 6) is 0. The van der Waals surface area contributed by atoms with Crippen LogP contribution in [0.5, 0.6) is 0 Å². The number of hydrogen-bond donors (Lipinski definition) is 1. The summed E-state index contributed by atoms with van der Waals surface area (Å²) in [5, 5.41) is 1.17. The van der Waals surface area contributed by atoms with Crippen molar-refractivity contribution >= 4 is 10.9 Å². The minimum Gasteiger partial charge on any atom is -0.373 e. The fourth-order valence-electron chi connectivity index (χ4n) is 3.27. The fourth-order valence-corrected chi connectivity index (χ4v) is 3.27. The number of nitrogens with two attached hydrogens (primary N) is 1. The van der Waals surface area contributed by atoms with Crippen LogP contribution in [0.3, 0.4) is 0 Å². The van der Waals surface area contributed by atoms with Gasteiger partial charge in [-0.1, -0.05) is 12.1 Å². The second kappa shape index (κ2) is 6.10. The van der Waals surface area contributed by atoms with Gasteiger partial charge < -0.3 is 10.5 Å². The Morgan fingerprint density at radius 1 is 1.29 bits per heavy atom. The van der Waals surface area contributed by atoms with E-state index in [0.717, 1.165) is 18.6 Å². The molecule has 0 radical (unpaired) electrons. The van der Waals surface area contributed by atoms with Crippen LogP contribution in [-0.2, 0) is 4.74 Å². The number of ether oxygens (including phenoxy) is 1. The molecule has 1 aliphatic heterocycles. The van der Waals surface area contributed by atoms with E-state index in [-0.39, 0.29) is 18.2 Å². The van der Waals surface area contributed by atoms with E-state index in [0.29, 0.717) is 6.54 Å². The van der Waals surface area contributed by atoms with Gasteiger partial charge in [0, 0.05) is 37.3 Å². The maximum atomic E-state index is 6.07. The van der Waals surface area contributed by atoms with Gasteiger partial charge in [0.2, 0.25) is 0 Å². The molecule has 4 heteroatoms. The molecule has 1 fully saturated rings. The van der Waals surface area contributed by atoms with Crippen LogP contribution in [-0.4, -0.2) is 41.7 Å². The first-order valence-corrected chi connectivity index (χ1v) is 7.61. The van der Waals surface area contributed by atoms with Gasteiger partial charge in [0.15, 0.2) is 0 Å². The van der Waals surface area contributed by atoms with Crippen LogP contribution >= 0.6 is 0 Å². The Morgan fingerprint density at radius 3 is 2.76 bits per heavy atom. The number of rotatable bonds is 3. The van der Waals surface area contributed by atoms with Crippen LogP contribution in [0.25, 0.3) is 10.9 Å². The lowest BCUT2D eigenvalue weighted by Crippen LogP contribution is -2.48. The Labute approximate surface area is 125 Å². The van der Waals surface area contributed by atoms with E-state index in [1.54, 1.807) is 0 Å². The second-order valence-corrected chi connectivity index (χ2v) is 5.92. The van der Waals surface area contributed by atoms with E-state index >= 15 is 0 Å². The van der Waals surface area contributed by atoms with E-state index in [9.17, 15) is 0 Å². The third-order valence-corrected chi connectivity index (χ3v) is 4.12. The fraction of sp³-hybridized carbons (Fsp3) is 0.471. The highest BCUT2D eigenvalue weighted by Crippen LogP contribution is 2.26. The zero-order valence-electron chi connectivity index (χ0n) is 12.7. The molecule has 2 aromatic rings. The topological polar surface area (TPSA) is 51.4 Å². The monoisotopic (exact) mass is 285 g/mol. The normalized spacial score (nSPS) is 25.1. The average molecular weight is 285 g/mol. The van der Waals surface area contributed by atoms with Gasteiger partial charge in [-0.25, -0.2) is 0 Å². The minimum atomic E-state index is 0.239.